The Bertz CT molecular complexity index is 1120. The Morgan fingerprint density at radius 3 is 2.03 bits per heavy atom. The zero-order valence-corrected chi connectivity index (χ0v) is 23.2. The van der Waals surface area contributed by atoms with Crippen LogP contribution in [0.2, 0.25) is 0 Å². The van der Waals surface area contributed by atoms with Crippen LogP contribution in [0.5, 0.6) is 0 Å². The van der Waals surface area contributed by atoms with E-state index in [4.69, 9.17) is 0 Å². The lowest BCUT2D eigenvalue weighted by molar-refractivity contribution is -0.140. The number of aryl methyl sites for hydroxylation is 2. The summed E-state index contributed by atoms with van der Waals surface area (Å²) in [6, 6.07) is 12.0. The van der Waals surface area contributed by atoms with E-state index in [1.54, 1.807) is 19.1 Å². The molecule has 2 rings (SSSR count). The Kier molecular flexibility index (Phi) is 8.93. The molecule has 1 atom stereocenters. The first-order valence-electron chi connectivity index (χ1n) is 11.0. The van der Waals surface area contributed by atoms with Crippen LogP contribution in [0.4, 0.5) is 5.69 Å². The molecule has 0 fully saturated rings. The minimum Gasteiger partial charge on any atom is -0.350 e. The van der Waals surface area contributed by atoms with Gasteiger partial charge < -0.3 is 10.2 Å². The molecule has 0 aliphatic rings. The second-order valence-electron chi connectivity index (χ2n) is 9.68. The van der Waals surface area contributed by atoms with Crippen molar-refractivity contribution in [3.05, 3.63) is 63.6 Å². The van der Waals surface area contributed by atoms with Gasteiger partial charge in [0, 0.05) is 16.6 Å². The van der Waals surface area contributed by atoms with Crippen LogP contribution in [0, 0.1) is 13.8 Å². The highest BCUT2D eigenvalue weighted by molar-refractivity contribution is 9.10. The van der Waals surface area contributed by atoms with E-state index in [0.29, 0.717) is 5.69 Å². The van der Waals surface area contributed by atoms with Crippen molar-refractivity contribution in [3.8, 4) is 0 Å². The normalized spacial score (nSPS) is 12.7. The number of hydrogen-bond acceptors (Lipinski definition) is 4. The first-order valence-corrected chi connectivity index (χ1v) is 13.6. The molecule has 0 heterocycles. The van der Waals surface area contributed by atoms with Crippen LogP contribution in [0.3, 0.4) is 0 Å². The third kappa shape index (κ3) is 8.13. The first-order chi connectivity index (χ1) is 15.6. The summed E-state index contributed by atoms with van der Waals surface area (Å²) < 4.78 is 27.3. The highest BCUT2D eigenvalue weighted by Gasteiger charge is 2.31. The number of carbonyl (C=O) groups excluding carboxylic acids is 2. The third-order valence-electron chi connectivity index (χ3n) is 5.11. The van der Waals surface area contributed by atoms with Crippen LogP contribution in [0.15, 0.2) is 46.9 Å². The van der Waals surface area contributed by atoms with Crippen molar-refractivity contribution in [2.75, 3.05) is 17.1 Å². The Morgan fingerprint density at radius 2 is 1.56 bits per heavy atom. The number of amides is 2. The van der Waals surface area contributed by atoms with Gasteiger partial charge in [-0.2, -0.15) is 0 Å². The van der Waals surface area contributed by atoms with Crippen LogP contribution in [-0.4, -0.2) is 49.5 Å². The highest BCUT2D eigenvalue weighted by atomic mass is 79.9. The summed E-state index contributed by atoms with van der Waals surface area (Å²) in [5, 5.41) is 2.91. The topological polar surface area (TPSA) is 86.8 Å². The largest absolute Gasteiger partial charge is 0.350 e. The summed E-state index contributed by atoms with van der Waals surface area (Å²) in [5.41, 5.74) is 2.55. The second kappa shape index (κ2) is 10.9. The molecule has 0 aromatic heterocycles. The summed E-state index contributed by atoms with van der Waals surface area (Å²) in [4.78, 5) is 27.9. The lowest BCUT2D eigenvalue weighted by atomic mass is 10.1. The zero-order chi connectivity index (χ0) is 25.8. The predicted molar refractivity (Wildman–Crippen MR) is 140 cm³/mol. The highest BCUT2D eigenvalue weighted by Crippen LogP contribution is 2.22. The van der Waals surface area contributed by atoms with Crippen LogP contribution >= 0.6 is 15.9 Å². The van der Waals surface area contributed by atoms with E-state index in [2.05, 4.69) is 21.2 Å². The molecule has 0 spiro atoms. The maximum atomic E-state index is 13.6. The molecule has 2 amide bonds. The monoisotopic (exact) mass is 551 g/mol. The quantitative estimate of drug-likeness (QED) is 0.533. The molecule has 1 N–H and O–H groups in total. The molecule has 0 saturated carbocycles. The van der Waals surface area contributed by atoms with Gasteiger partial charge in [-0.25, -0.2) is 8.42 Å². The minimum atomic E-state index is -3.75. The van der Waals surface area contributed by atoms with Gasteiger partial charge in [-0.1, -0.05) is 34.1 Å². The number of sulfonamides is 1. The van der Waals surface area contributed by atoms with Crippen molar-refractivity contribution in [3.63, 3.8) is 0 Å². The predicted octanol–water partition coefficient (Wildman–Crippen LogP) is 4.16. The molecular weight excluding hydrogens is 518 g/mol. The molecule has 1 unspecified atom stereocenters. The van der Waals surface area contributed by atoms with Crippen molar-refractivity contribution >= 4 is 43.5 Å². The Labute approximate surface area is 211 Å². The molecular formula is C25H34BrN3O4S. The van der Waals surface area contributed by atoms with Gasteiger partial charge in [0.2, 0.25) is 21.8 Å². The van der Waals surface area contributed by atoms with Crippen molar-refractivity contribution in [1.82, 2.24) is 10.2 Å². The molecule has 0 aliphatic carbocycles. The molecule has 0 radical (unpaired) electrons. The summed E-state index contributed by atoms with van der Waals surface area (Å²) in [5.74, 6) is -0.778. The van der Waals surface area contributed by atoms with Gasteiger partial charge in [0.15, 0.2) is 0 Å². The van der Waals surface area contributed by atoms with E-state index in [1.807, 2.05) is 65.0 Å². The third-order valence-corrected chi connectivity index (χ3v) is 6.77. The number of nitrogens with zero attached hydrogens (tertiary/aromatic N) is 2. The number of nitrogens with one attached hydrogen (secondary N) is 1. The maximum Gasteiger partial charge on any atom is 0.244 e. The van der Waals surface area contributed by atoms with Crippen LogP contribution in [0.1, 0.15) is 44.4 Å². The van der Waals surface area contributed by atoms with Crippen molar-refractivity contribution in [1.29, 1.82) is 0 Å². The molecule has 2 aromatic rings. The molecule has 0 saturated heterocycles. The number of halogens is 1. The molecule has 186 valence electrons. The Morgan fingerprint density at radius 1 is 1.03 bits per heavy atom. The van der Waals surface area contributed by atoms with Crippen LogP contribution in [-0.2, 0) is 26.2 Å². The van der Waals surface area contributed by atoms with Crippen molar-refractivity contribution in [2.45, 2.75) is 59.7 Å². The average molecular weight is 553 g/mol. The molecule has 9 heteroatoms. The van der Waals surface area contributed by atoms with E-state index < -0.39 is 34.1 Å². The summed E-state index contributed by atoms with van der Waals surface area (Å²) in [6.45, 7) is 10.7. The first kappa shape index (κ1) is 27.9. The van der Waals surface area contributed by atoms with E-state index in [-0.39, 0.29) is 12.5 Å². The SMILES string of the molecule is Cc1cc(C)cc(N(CC(=O)N(Cc2ccc(Br)cc2)C(C)C(=O)NC(C)(C)C)S(C)(=O)=O)c1. The Hall–Kier alpha value is -2.39. The number of anilines is 1. The van der Waals surface area contributed by atoms with Gasteiger partial charge in [0.1, 0.15) is 12.6 Å². The number of rotatable bonds is 8. The molecule has 0 bridgehead atoms. The number of hydrogen-bond donors (Lipinski definition) is 1. The average Bonchev–Trinajstić information content (AvgIpc) is 2.68. The van der Waals surface area contributed by atoms with Crippen molar-refractivity contribution < 1.29 is 18.0 Å². The molecule has 0 aliphatic heterocycles. The van der Waals surface area contributed by atoms with Crippen LogP contribution < -0.4 is 9.62 Å². The fourth-order valence-electron chi connectivity index (χ4n) is 3.55. The Balaban J connectivity index is 2.43. The van der Waals surface area contributed by atoms with E-state index >= 15 is 0 Å². The number of carbonyl (C=O) groups is 2. The van der Waals surface area contributed by atoms with Gasteiger partial charge in [0.05, 0.1) is 11.9 Å². The van der Waals surface area contributed by atoms with Crippen molar-refractivity contribution in [2.24, 2.45) is 0 Å². The van der Waals surface area contributed by atoms with Gasteiger partial charge in [0.25, 0.3) is 0 Å². The summed E-state index contributed by atoms with van der Waals surface area (Å²) in [7, 11) is -3.75. The maximum absolute atomic E-state index is 13.6. The minimum absolute atomic E-state index is 0.162. The summed E-state index contributed by atoms with van der Waals surface area (Å²) >= 11 is 3.40. The molecule has 34 heavy (non-hydrogen) atoms. The van der Waals surface area contributed by atoms with Gasteiger partial charge in [-0.3, -0.25) is 13.9 Å². The van der Waals surface area contributed by atoms with Gasteiger partial charge in [-0.05, 0) is 82.5 Å². The van der Waals surface area contributed by atoms with E-state index in [9.17, 15) is 18.0 Å². The number of benzene rings is 2. The van der Waals surface area contributed by atoms with Crippen LogP contribution in [0.25, 0.3) is 0 Å². The molecule has 2 aromatic carbocycles. The fourth-order valence-corrected chi connectivity index (χ4v) is 4.65. The van der Waals surface area contributed by atoms with E-state index in [0.717, 1.165) is 31.7 Å². The fraction of sp³-hybridized carbons (Fsp3) is 0.440. The molecule has 7 nitrogen and oxygen atoms in total. The zero-order valence-electron chi connectivity index (χ0n) is 20.8. The lowest BCUT2D eigenvalue weighted by Gasteiger charge is -2.33. The second-order valence-corrected chi connectivity index (χ2v) is 12.5. The standard InChI is InChI=1S/C25H34BrN3O4S/c1-17-12-18(2)14-22(13-17)29(34(7,32)33)16-23(30)28(15-20-8-10-21(26)11-9-20)19(3)24(31)27-25(4,5)6/h8-14,19H,15-16H2,1-7H3,(H,27,31). The van der Waals surface area contributed by atoms with Gasteiger partial charge in [-0.15, -0.1) is 0 Å². The van der Waals surface area contributed by atoms with Gasteiger partial charge >= 0.3 is 0 Å². The smallest absolute Gasteiger partial charge is 0.244 e. The summed E-state index contributed by atoms with van der Waals surface area (Å²) in [6.07, 6.45) is 1.08. The van der Waals surface area contributed by atoms with E-state index in [1.165, 1.54) is 4.90 Å². The lowest BCUT2D eigenvalue weighted by Crippen LogP contribution is -2.54.